The fraction of sp³-hybridized carbons (Fsp3) is 0.600. The van der Waals surface area contributed by atoms with Gasteiger partial charge in [0, 0.05) is 19.6 Å². The van der Waals surface area contributed by atoms with Gasteiger partial charge in [-0.2, -0.15) is 4.31 Å². The van der Waals surface area contributed by atoms with Gasteiger partial charge in [0.1, 0.15) is 0 Å². The van der Waals surface area contributed by atoms with Gasteiger partial charge >= 0.3 is 0 Å². The summed E-state index contributed by atoms with van der Waals surface area (Å²) in [4.78, 5) is 0.447. The molecule has 2 rings (SSSR count). The molecule has 0 saturated carbocycles. The Morgan fingerprint density at radius 3 is 2.60 bits per heavy atom. The minimum Gasteiger partial charge on any atom is -0.316 e. The lowest BCUT2D eigenvalue weighted by molar-refractivity contribution is 0.375. The smallest absolute Gasteiger partial charge is 0.243 e. The van der Waals surface area contributed by atoms with Crippen LogP contribution in [0, 0.1) is 12.3 Å². The van der Waals surface area contributed by atoms with Crippen molar-refractivity contribution in [2.24, 2.45) is 5.41 Å². The molecule has 1 aliphatic rings. The maximum atomic E-state index is 12.8. The summed E-state index contributed by atoms with van der Waals surface area (Å²) in [6.45, 7) is 7.99. The maximum Gasteiger partial charge on any atom is 0.243 e. The van der Waals surface area contributed by atoms with Gasteiger partial charge in [-0.15, -0.1) is 0 Å². The molecular formula is C15H24N2O2S. The van der Waals surface area contributed by atoms with Crippen molar-refractivity contribution in [1.82, 2.24) is 9.62 Å². The first-order chi connectivity index (χ1) is 9.26. The summed E-state index contributed by atoms with van der Waals surface area (Å²) in [5.41, 5.74) is 1.88. The highest BCUT2D eigenvalue weighted by atomic mass is 32.2. The van der Waals surface area contributed by atoms with E-state index in [2.05, 4.69) is 19.2 Å². The Labute approximate surface area is 122 Å². The van der Waals surface area contributed by atoms with Crippen LogP contribution in [0.25, 0.3) is 0 Å². The van der Waals surface area contributed by atoms with E-state index >= 15 is 0 Å². The Bertz CT molecular complexity index is 594. The molecule has 1 saturated heterocycles. The first kappa shape index (κ1) is 15.5. The lowest BCUT2D eigenvalue weighted by atomic mass is 9.93. The largest absolute Gasteiger partial charge is 0.316 e. The SMILES string of the molecule is CNCc1ccc(C)c(S(=O)(=O)N2CCC(C)(C)C2)c1. The minimum absolute atomic E-state index is 0.0730. The normalized spacial score (nSPS) is 19.4. The molecule has 0 atom stereocenters. The van der Waals surface area contributed by atoms with Crippen LogP contribution in [0.3, 0.4) is 0 Å². The molecule has 1 fully saturated rings. The van der Waals surface area contributed by atoms with Crippen molar-refractivity contribution in [3.05, 3.63) is 29.3 Å². The van der Waals surface area contributed by atoms with Gasteiger partial charge in [0.05, 0.1) is 4.90 Å². The molecule has 0 bridgehead atoms. The lowest BCUT2D eigenvalue weighted by Crippen LogP contribution is -2.31. The second-order valence-electron chi connectivity index (χ2n) is 6.38. The summed E-state index contributed by atoms with van der Waals surface area (Å²) in [5.74, 6) is 0. The Morgan fingerprint density at radius 2 is 2.05 bits per heavy atom. The van der Waals surface area contributed by atoms with E-state index in [1.807, 2.05) is 26.1 Å². The third-order valence-electron chi connectivity index (χ3n) is 3.89. The van der Waals surface area contributed by atoms with Crippen LogP contribution in [-0.4, -0.2) is 32.9 Å². The third-order valence-corrected chi connectivity index (χ3v) is 5.88. The van der Waals surface area contributed by atoms with E-state index in [-0.39, 0.29) is 5.41 Å². The van der Waals surface area contributed by atoms with Gasteiger partial charge in [-0.25, -0.2) is 8.42 Å². The number of benzene rings is 1. The zero-order valence-corrected chi connectivity index (χ0v) is 13.5. The van der Waals surface area contributed by atoms with E-state index in [0.29, 0.717) is 24.5 Å². The van der Waals surface area contributed by atoms with E-state index in [1.54, 1.807) is 10.4 Å². The molecule has 112 valence electrons. The fourth-order valence-corrected chi connectivity index (χ4v) is 4.55. The molecule has 0 aromatic heterocycles. The average Bonchev–Trinajstić information content (AvgIpc) is 2.73. The van der Waals surface area contributed by atoms with Crippen molar-refractivity contribution in [1.29, 1.82) is 0 Å². The molecule has 0 aliphatic carbocycles. The van der Waals surface area contributed by atoms with E-state index in [4.69, 9.17) is 0 Å². The molecule has 0 unspecified atom stereocenters. The zero-order valence-electron chi connectivity index (χ0n) is 12.7. The predicted molar refractivity (Wildman–Crippen MR) is 81.1 cm³/mol. The van der Waals surface area contributed by atoms with Gasteiger partial charge in [0.2, 0.25) is 10.0 Å². The lowest BCUT2D eigenvalue weighted by Gasteiger charge is -2.21. The molecule has 0 spiro atoms. The highest BCUT2D eigenvalue weighted by molar-refractivity contribution is 7.89. The predicted octanol–water partition coefficient (Wildman–Crippen LogP) is 2.14. The van der Waals surface area contributed by atoms with Gasteiger partial charge in [-0.1, -0.05) is 26.0 Å². The van der Waals surface area contributed by atoms with Crippen LogP contribution in [0.4, 0.5) is 0 Å². The summed E-state index contributed by atoms with van der Waals surface area (Å²) in [7, 11) is -1.52. The molecule has 1 aromatic carbocycles. The Kier molecular flexibility index (Phi) is 4.23. The number of hydrogen-bond acceptors (Lipinski definition) is 3. The standard InChI is InChI=1S/C15H24N2O2S/c1-12-5-6-13(10-16-4)9-14(12)20(18,19)17-8-7-15(2,3)11-17/h5-6,9,16H,7-8,10-11H2,1-4H3. The van der Waals surface area contributed by atoms with Crippen molar-refractivity contribution in [2.45, 2.75) is 38.6 Å². The van der Waals surface area contributed by atoms with E-state index in [1.165, 1.54) is 0 Å². The van der Waals surface area contributed by atoms with Gasteiger partial charge in [-0.3, -0.25) is 0 Å². The van der Waals surface area contributed by atoms with Crippen LogP contribution in [0.15, 0.2) is 23.1 Å². The monoisotopic (exact) mass is 296 g/mol. The van der Waals surface area contributed by atoms with Crippen LogP contribution in [0.1, 0.15) is 31.4 Å². The molecule has 0 amide bonds. The van der Waals surface area contributed by atoms with Gasteiger partial charge in [0.15, 0.2) is 0 Å². The van der Waals surface area contributed by atoms with Crippen molar-refractivity contribution in [2.75, 3.05) is 20.1 Å². The highest BCUT2D eigenvalue weighted by Crippen LogP contribution is 2.33. The molecule has 1 aliphatic heterocycles. The van der Waals surface area contributed by atoms with Gasteiger partial charge in [-0.05, 0) is 43.0 Å². The Morgan fingerprint density at radius 1 is 1.35 bits per heavy atom. The van der Waals surface area contributed by atoms with Gasteiger partial charge < -0.3 is 5.32 Å². The van der Waals surface area contributed by atoms with Crippen molar-refractivity contribution in [3.63, 3.8) is 0 Å². The summed E-state index contributed by atoms with van der Waals surface area (Å²) < 4.78 is 27.2. The second kappa shape index (κ2) is 5.47. The summed E-state index contributed by atoms with van der Waals surface area (Å²) in [5, 5.41) is 3.06. The molecule has 1 N–H and O–H groups in total. The molecule has 1 heterocycles. The van der Waals surface area contributed by atoms with E-state index < -0.39 is 10.0 Å². The number of nitrogens with zero attached hydrogens (tertiary/aromatic N) is 1. The summed E-state index contributed by atoms with van der Waals surface area (Å²) in [6.07, 6.45) is 0.918. The minimum atomic E-state index is -3.38. The number of sulfonamides is 1. The van der Waals surface area contributed by atoms with Crippen molar-refractivity contribution < 1.29 is 8.42 Å². The zero-order chi connectivity index (χ0) is 15.0. The van der Waals surface area contributed by atoms with Crippen LogP contribution >= 0.6 is 0 Å². The van der Waals surface area contributed by atoms with E-state index in [0.717, 1.165) is 17.5 Å². The average molecular weight is 296 g/mol. The first-order valence-electron chi connectivity index (χ1n) is 7.00. The third kappa shape index (κ3) is 3.05. The van der Waals surface area contributed by atoms with Crippen LogP contribution in [-0.2, 0) is 16.6 Å². The number of rotatable bonds is 4. The summed E-state index contributed by atoms with van der Waals surface area (Å²) >= 11 is 0. The van der Waals surface area contributed by atoms with Crippen LogP contribution in [0.2, 0.25) is 0 Å². The fourth-order valence-electron chi connectivity index (χ4n) is 2.64. The molecule has 1 aromatic rings. The number of nitrogens with one attached hydrogen (secondary N) is 1. The molecule has 5 heteroatoms. The highest BCUT2D eigenvalue weighted by Gasteiger charge is 2.37. The van der Waals surface area contributed by atoms with Crippen molar-refractivity contribution >= 4 is 10.0 Å². The first-order valence-corrected chi connectivity index (χ1v) is 8.44. The van der Waals surface area contributed by atoms with Crippen molar-refractivity contribution in [3.8, 4) is 0 Å². The molecule has 4 nitrogen and oxygen atoms in total. The topological polar surface area (TPSA) is 49.4 Å². The molecular weight excluding hydrogens is 272 g/mol. The van der Waals surface area contributed by atoms with Crippen LogP contribution in [0.5, 0.6) is 0 Å². The molecule has 20 heavy (non-hydrogen) atoms. The van der Waals surface area contributed by atoms with Gasteiger partial charge in [0.25, 0.3) is 0 Å². The maximum absolute atomic E-state index is 12.8. The Balaban J connectivity index is 2.37. The summed E-state index contributed by atoms with van der Waals surface area (Å²) in [6, 6.07) is 5.66. The molecule has 0 radical (unpaired) electrons. The number of aryl methyl sites for hydroxylation is 1. The van der Waals surface area contributed by atoms with Crippen LogP contribution < -0.4 is 5.32 Å². The number of hydrogen-bond donors (Lipinski definition) is 1. The second-order valence-corrected chi connectivity index (χ2v) is 8.29. The Hall–Kier alpha value is -0.910. The van der Waals surface area contributed by atoms with E-state index in [9.17, 15) is 8.42 Å². The quantitative estimate of drug-likeness (QED) is 0.926.